The van der Waals surface area contributed by atoms with E-state index in [0.717, 1.165) is 22.2 Å². The van der Waals surface area contributed by atoms with Gasteiger partial charge in [0.2, 0.25) is 0 Å². The van der Waals surface area contributed by atoms with Gasteiger partial charge in [0, 0.05) is 11.5 Å². The highest BCUT2D eigenvalue weighted by Crippen LogP contribution is 2.22. The topological polar surface area (TPSA) is 42.4 Å². The number of aromatic nitrogens is 1. The first-order chi connectivity index (χ1) is 9.31. The van der Waals surface area contributed by atoms with Crippen molar-refractivity contribution >= 4 is 10.9 Å². The van der Waals surface area contributed by atoms with E-state index in [2.05, 4.69) is 4.98 Å². The fourth-order valence-corrected chi connectivity index (χ4v) is 1.92. The predicted molar refractivity (Wildman–Crippen MR) is 74.2 cm³/mol. The van der Waals surface area contributed by atoms with Crippen molar-refractivity contribution in [1.29, 1.82) is 0 Å². The Bertz CT molecular complexity index is 695. The summed E-state index contributed by atoms with van der Waals surface area (Å²) in [5.74, 6) is 0.944. The van der Waals surface area contributed by atoms with Gasteiger partial charge in [-0.05, 0) is 23.8 Å². The minimum Gasteiger partial charge on any atom is -0.506 e. The summed E-state index contributed by atoms with van der Waals surface area (Å²) in [4.78, 5) is 4.17. The number of pyridine rings is 1. The third-order valence-electron chi connectivity index (χ3n) is 2.89. The van der Waals surface area contributed by atoms with E-state index in [1.807, 2.05) is 48.5 Å². The third-order valence-corrected chi connectivity index (χ3v) is 2.89. The molecule has 0 radical (unpaired) electrons. The number of hydrogen-bond donors (Lipinski definition) is 1. The van der Waals surface area contributed by atoms with Gasteiger partial charge in [0.05, 0.1) is 11.7 Å². The SMILES string of the molecule is Oc1cnc2cc(OCc3ccccc3)ccc2c1. The van der Waals surface area contributed by atoms with Crippen LogP contribution in [0, 0.1) is 0 Å². The fraction of sp³-hybridized carbons (Fsp3) is 0.0625. The summed E-state index contributed by atoms with van der Waals surface area (Å²) in [5.41, 5.74) is 1.93. The highest BCUT2D eigenvalue weighted by Gasteiger charge is 2.00. The zero-order valence-corrected chi connectivity index (χ0v) is 10.3. The van der Waals surface area contributed by atoms with Crippen LogP contribution in [0.15, 0.2) is 60.8 Å². The maximum Gasteiger partial charge on any atom is 0.134 e. The summed E-state index contributed by atoms with van der Waals surface area (Å²) < 4.78 is 5.73. The maximum absolute atomic E-state index is 9.36. The molecule has 0 saturated heterocycles. The Labute approximate surface area is 111 Å². The first-order valence-electron chi connectivity index (χ1n) is 6.07. The standard InChI is InChI=1S/C16H13NO2/c18-14-8-13-6-7-15(9-16(13)17-10-14)19-11-12-4-2-1-3-5-12/h1-10,18H,11H2. The molecule has 2 aromatic carbocycles. The third kappa shape index (κ3) is 2.65. The van der Waals surface area contributed by atoms with E-state index >= 15 is 0 Å². The molecule has 0 unspecified atom stereocenters. The summed E-state index contributed by atoms with van der Waals surface area (Å²) in [7, 11) is 0. The van der Waals surface area contributed by atoms with E-state index in [-0.39, 0.29) is 5.75 Å². The van der Waals surface area contributed by atoms with Crippen LogP contribution in [0.3, 0.4) is 0 Å². The normalized spacial score (nSPS) is 10.5. The van der Waals surface area contributed by atoms with Crippen molar-refractivity contribution < 1.29 is 9.84 Å². The first kappa shape index (κ1) is 11.5. The molecule has 3 heteroatoms. The molecule has 0 spiro atoms. The van der Waals surface area contributed by atoms with Crippen molar-refractivity contribution in [1.82, 2.24) is 4.98 Å². The second kappa shape index (κ2) is 4.98. The van der Waals surface area contributed by atoms with E-state index in [4.69, 9.17) is 4.74 Å². The average molecular weight is 251 g/mol. The highest BCUT2D eigenvalue weighted by molar-refractivity contribution is 5.80. The molecule has 1 aromatic heterocycles. The molecule has 0 bridgehead atoms. The number of nitrogens with zero attached hydrogens (tertiary/aromatic N) is 1. The van der Waals surface area contributed by atoms with Crippen molar-refractivity contribution in [3.8, 4) is 11.5 Å². The number of fused-ring (bicyclic) bond motifs is 1. The van der Waals surface area contributed by atoms with Gasteiger partial charge in [0.15, 0.2) is 0 Å². The smallest absolute Gasteiger partial charge is 0.134 e. The minimum atomic E-state index is 0.172. The fourth-order valence-electron chi connectivity index (χ4n) is 1.92. The molecule has 0 saturated carbocycles. The van der Waals surface area contributed by atoms with Gasteiger partial charge >= 0.3 is 0 Å². The van der Waals surface area contributed by atoms with E-state index in [1.54, 1.807) is 6.07 Å². The van der Waals surface area contributed by atoms with E-state index in [1.165, 1.54) is 6.20 Å². The molecule has 3 rings (SSSR count). The van der Waals surface area contributed by atoms with E-state index in [0.29, 0.717) is 6.61 Å². The van der Waals surface area contributed by atoms with Crippen molar-refractivity contribution in [2.24, 2.45) is 0 Å². The van der Waals surface area contributed by atoms with Crippen LogP contribution in [0.2, 0.25) is 0 Å². The number of hydrogen-bond acceptors (Lipinski definition) is 3. The van der Waals surface area contributed by atoms with Gasteiger partial charge in [0.25, 0.3) is 0 Å². The highest BCUT2D eigenvalue weighted by atomic mass is 16.5. The molecule has 0 amide bonds. The van der Waals surface area contributed by atoms with Crippen LogP contribution in [0.4, 0.5) is 0 Å². The van der Waals surface area contributed by atoms with Gasteiger partial charge in [-0.1, -0.05) is 30.3 Å². The average Bonchev–Trinajstić information content (AvgIpc) is 2.46. The lowest BCUT2D eigenvalue weighted by atomic mass is 10.2. The van der Waals surface area contributed by atoms with Gasteiger partial charge in [-0.2, -0.15) is 0 Å². The molecular weight excluding hydrogens is 238 g/mol. The molecule has 0 aliphatic rings. The largest absolute Gasteiger partial charge is 0.506 e. The van der Waals surface area contributed by atoms with Crippen LogP contribution in [-0.4, -0.2) is 10.1 Å². The lowest BCUT2D eigenvalue weighted by molar-refractivity contribution is 0.306. The van der Waals surface area contributed by atoms with E-state index in [9.17, 15) is 5.11 Å². The van der Waals surface area contributed by atoms with E-state index < -0.39 is 0 Å². The monoisotopic (exact) mass is 251 g/mol. The second-order valence-corrected chi connectivity index (χ2v) is 4.32. The maximum atomic E-state index is 9.36. The Hall–Kier alpha value is -2.55. The summed E-state index contributed by atoms with van der Waals surface area (Å²) in [6.07, 6.45) is 1.43. The van der Waals surface area contributed by atoms with Crippen molar-refractivity contribution in [2.45, 2.75) is 6.61 Å². The molecule has 3 nitrogen and oxygen atoms in total. The number of rotatable bonds is 3. The molecule has 0 aliphatic carbocycles. The Kier molecular flexibility index (Phi) is 3.02. The predicted octanol–water partition coefficient (Wildman–Crippen LogP) is 3.52. The van der Waals surface area contributed by atoms with Crippen LogP contribution < -0.4 is 4.74 Å². The Balaban J connectivity index is 1.80. The molecule has 0 aliphatic heterocycles. The molecule has 0 atom stereocenters. The van der Waals surface area contributed by atoms with Crippen molar-refractivity contribution in [3.05, 3.63) is 66.4 Å². The van der Waals surface area contributed by atoms with Gasteiger partial charge < -0.3 is 9.84 Å². The zero-order chi connectivity index (χ0) is 13.1. The van der Waals surface area contributed by atoms with Crippen LogP contribution >= 0.6 is 0 Å². The van der Waals surface area contributed by atoms with Gasteiger partial charge in [-0.25, -0.2) is 0 Å². The summed E-state index contributed by atoms with van der Waals surface area (Å²) >= 11 is 0. The van der Waals surface area contributed by atoms with Crippen molar-refractivity contribution in [3.63, 3.8) is 0 Å². The second-order valence-electron chi connectivity index (χ2n) is 4.32. The zero-order valence-electron chi connectivity index (χ0n) is 10.3. The summed E-state index contributed by atoms with van der Waals surface area (Å²) in [5, 5.41) is 10.3. The quantitative estimate of drug-likeness (QED) is 0.774. The lowest BCUT2D eigenvalue weighted by Crippen LogP contribution is -1.95. The van der Waals surface area contributed by atoms with Gasteiger partial charge in [-0.3, -0.25) is 4.98 Å². The number of aromatic hydroxyl groups is 1. The number of ether oxygens (including phenoxy) is 1. The molecule has 3 aromatic rings. The van der Waals surface area contributed by atoms with Gasteiger partial charge in [0.1, 0.15) is 18.1 Å². The van der Waals surface area contributed by atoms with Crippen LogP contribution in [0.1, 0.15) is 5.56 Å². The molecular formula is C16H13NO2. The van der Waals surface area contributed by atoms with Crippen LogP contribution in [0.25, 0.3) is 10.9 Å². The van der Waals surface area contributed by atoms with Crippen LogP contribution in [0.5, 0.6) is 11.5 Å². The summed E-state index contributed by atoms with van der Waals surface area (Å²) in [6, 6.07) is 17.3. The Morgan fingerprint density at radius 2 is 1.84 bits per heavy atom. The Morgan fingerprint density at radius 1 is 1.00 bits per heavy atom. The molecule has 0 fully saturated rings. The van der Waals surface area contributed by atoms with Crippen LogP contribution in [-0.2, 0) is 6.61 Å². The minimum absolute atomic E-state index is 0.172. The van der Waals surface area contributed by atoms with Crippen molar-refractivity contribution in [2.75, 3.05) is 0 Å². The lowest BCUT2D eigenvalue weighted by Gasteiger charge is -2.07. The molecule has 94 valence electrons. The number of benzene rings is 2. The molecule has 1 heterocycles. The first-order valence-corrected chi connectivity index (χ1v) is 6.07. The van der Waals surface area contributed by atoms with Gasteiger partial charge in [-0.15, -0.1) is 0 Å². The molecule has 1 N–H and O–H groups in total. The Morgan fingerprint density at radius 3 is 2.68 bits per heavy atom. The molecule has 19 heavy (non-hydrogen) atoms. The summed E-state index contributed by atoms with van der Waals surface area (Å²) in [6.45, 7) is 0.532.